The topological polar surface area (TPSA) is 70.5 Å². The zero-order chi connectivity index (χ0) is 19.9. The summed E-state index contributed by atoms with van der Waals surface area (Å²) in [4.78, 5) is 20.1. The van der Waals surface area contributed by atoms with Crippen LogP contribution in [0.4, 0.5) is 0 Å². The molecule has 0 saturated carbocycles. The second kappa shape index (κ2) is 8.81. The lowest BCUT2D eigenvalue weighted by atomic mass is 10.0. The van der Waals surface area contributed by atoms with Crippen molar-refractivity contribution in [3.8, 4) is 28.1 Å². The number of esters is 1. The molecule has 1 heterocycles. The number of carbonyl (C=O) groups is 1. The lowest BCUT2D eigenvalue weighted by molar-refractivity contribution is -0.138. The largest absolute Gasteiger partial charge is 0.500 e. The standard InChI is InChI=1S/C22H20N2O4/c1-15-7-8-17(12-20(15)28-21(13-26-2)22(25)27-3)16-5-4-6-18(11-16)19-9-10-23-14-24-19/h4-14H,1-3H3. The van der Waals surface area contributed by atoms with E-state index in [1.54, 1.807) is 6.20 Å². The summed E-state index contributed by atoms with van der Waals surface area (Å²) in [6.45, 7) is 1.90. The molecule has 0 bridgehead atoms. The van der Waals surface area contributed by atoms with Crippen LogP contribution in [-0.4, -0.2) is 30.2 Å². The van der Waals surface area contributed by atoms with E-state index >= 15 is 0 Å². The molecular weight excluding hydrogens is 356 g/mol. The molecule has 0 aliphatic carbocycles. The molecule has 0 N–H and O–H groups in total. The number of hydrogen-bond acceptors (Lipinski definition) is 6. The molecule has 2 aromatic carbocycles. The Morgan fingerprint density at radius 1 is 1.00 bits per heavy atom. The van der Waals surface area contributed by atoms with Crippen molar-refractivity contribution in [2.75, 3.05) is 14.2 Å². The predicted molar refractivity (Wildman–Crippen MR) is 105 cm³/mol. The SMILES string of the molecule is COC=C(Oc1cc(-c2cccc(-c3ccncn3)c2)ccc1C)C(=O)OC. The summed E-state index contributed by atoms with van der Waals surface area (Å²) in [5, 5.41) is 0. The summed E-state index contributed by atoms with van der Waals surface area (Å²) in [5.41, 5.74) is 4.64. The Morgan fingerprint density at radius 2 is 1.79 bits per heavy atom. The van der Waals surface area contributed by atoms with Gasteiger partial charge in [0.2, 0.25) is 5.76 Å². The van der Waals surface area contributed by atoms with Gasteiger partial charge >= 0.3 is 5.97 Å². The Kier molecular flexibility index (Phi) is 6.01. The third-order valence-corrected chi connectivity index (χ3v) is 4.09. The zero-order valence-electron chi connectivity index (χ0n) is 15.9. The van der Waals surface area contributed by atoms with Gasteiger partial charge in [-0.05, 0) is 41.8 Å². The van der Waals surface area contributed by atoms with Gasteiger partial charge < -0.3 is 14.2 Å². The van der Waals surface area contributed by atoms with Gasteiger partial charge in [0, 0.05) is 11.8 Å². The quantitative estimate of drug-likeness (QED) is 0.365. The summed E-state index contributed by atoms with van der Waals surface area (Å²) in [6.07, 6.45) is 4.45. The van der Waals surface area contributed by atoms with Crippen molar-refractivity contribution in [3.05, 3.63) is 78.6 Å². The number of aryl methyl sites for hydroxylation is 1. The van der Waals surface area contributed by atoms with Gasteiger partial charge in [-0.1, -0.05) is 30.3 Å². The Balaban J connectivity index is 1.96. The van der Waals surface area contributed by atoms with Gasteiger partial charge in [0.25, 0.3) is 0 Å². The highest BCUT2D eigenvalue weighted by Gasteiger charge is 2.15. The molecule has 0 aliphatic rings. The number of ether oxygens (including phenoxy) is 3. The summed E-state index contributed by atoms with van der Waals surface area (Å²) in [7, 11) is 2.73. The van der Waals surface area contributed by atoms with E-state index < -0.39 is 5.97 Å². The Bertz CT molecular complexity index is 1000. The van der Waals surface area contributed by atoms with E-state index in [4.69, 9.17) is 14.2 Å². The number of hydrogen-bond donors (Lipinski definition) is 0. The van der Waals surface area contributed by atoms with Crippen molar-refractivity contribution in [1.82, 2.24) is 9.97 Å². The van der Waals surface area contributed by atoms with Gasteiger partial charge in [0.05, 0.1) is 19.9 Å². The molecule has 142 valence electrons. The van der Waals surface area contributed by atoms with Gasteiger partial charge in [0.1, 0.15) is 18.3 Å². The first-order chi connectivity index (χ1) is 13.6. The van der Waals surface area contributed by atoms with Crippen LogP contribution < -0.4 is 4.74 Å². The van der Waals surface area contributed by atoms with E-state index in [1.807, 2.05) is 55.5 Å². The van der Waals surface area contributed by atoms with E-state index in [-0.39, 0.29) is 5.76 Å². The van der Waals surface area contributed by atoms with Crippen molar-refractivity contribution in [2.45, 2.75) is 6.92 Å². The van der Waals surface area contributed by atoms with Gasteiger partial charge in [0.15, 0.2) is 0 Å². The van der Waals surface area contributed by atoms with Crippen LogP contribution in [0.25, 0.3) is 22.4 Å². The van der Waals surface area contributed by atoms with Crippen molar-refractivity contribution >= 4 is 5.97 Å². The number of benzene rings is 2. The molecule has 1 aromatic heterocycles. The fourth-order valence-electron chi connectivity index (χ4n) is 2.65. The molecule has 0 radical (unpaired) electrons. The highest BCUT2D eigenvalue weighted by Crippen LogP contribution is 2.30. The third-order valence-electron chi connectivity index (χ3n) is 4.09. The molecule has 0 fully saturated rings. The van der Waals surface area contributed by atoms with Crippen LogP contribution in [0, 0.1) is 6.92 Å². The average Bonchev–Trinajstić information content (AvgIpc) is 2.75. The maximum absolute atomic E-state index is 11.9. The second-order valence-electron chi connectivity index (χ2n) is 5.97. The molecule has 28 heavy (non-hydrogen) atoms. The summed E-state index contributed by atoms with van der Waals surface area (Å²) >= 11 is 0. The lowest BCUT2D eigenvalue weighted by Crippen LogP contribution is -2.11. The summed E-state index contributed by atoms with van der Waals surface area (Å²) in [5.74, 6) is -0.101. The highest BCUT2D eigenvalue weighted by molar-refractivity contribution is 5.86. The van der Waals surface area contributed by atoms with Gasteiger partial charge in [-0.15, -0.1) is 0 Å². The first kappa shape index (κ1) is 19.1. The Morgan fingerprint density at radius 3 is 2.50 bits per heavy atom. The molecule has 0 saturated heterocycles. The maximum atomic E-state index is 11.9. The van der Waals surface area contributed by atoms with Gasteiger partial charge in [-0.25, -0.2) is 14.8 Å². The van der Waals surface area contributed by atoms with Gasteiger partial charge in [-0.2, -0.15) is 0 Å². The molecule has 3 aromatic rings. The highest BCUT2D eigenvalue weighted by atomic mass is 16.6. The second-order valence-corrected chi connectivity index (χ2v) is 5.97. The summed E-state index contributed by atoms with van der Waals surface area (Å²) in [6, 6.07) is 15.7. The molecule has 0 amide bonds. The Hall–Kier alpha value is -3.67. The first-order valence-corrected chi connectivity index (χ1v) is 8.59. The van der Waals surface area contributed by atoms with Crippen molar-refractivity contribution in [3.63, 3.8) is 0 Å². The van der Waals surface area contributed by atoms with Crippen molar-refractivity contribution < 1.29 is 19.0 Å². The van der Waals surface area contributed by atoms with Crippen LogP contribution in [0.5, 0.6) is 5.75 Å². The fraction of sp³-hybridized carbons (Fsp3) is 0.136. The molecule has 6 heteroatoms. The van der Waals surface area contributed by atoms with Crippen LogP contribution in [0.1, 0.15) is 5.56 Å². The van der Waals surface area contributed by atoms with E-state index in [1.165, 1.54) is 26.8 Å². The van der Waals surface area contributed by atoms with Crippen LogP contribution in [-0.2, 0) is 14.3 Å². The molecule has 0 spiro atoms. The van der Waals surface area contributed by atoms with E-state index in [0.717, 1.165) is 27.9 Å². The predicted octanol–water partition coefficient (Wildman–Crippen LogP) is 4.16. The zero-order valence-corrected chi connectivity index (χ0v) is 15.9. The average molecular weight is 376 g/mol. The molecule has 0 aliphatic heterocycles. The third kappa shape index (κ3) is 4.35. The van der Waals surface area contributed by atoms with E-state index in [9.17, 15) is 4.79 Å². The fourth-order valence-corrected chi connectivity index (χ4v) is 2.65. The molecule has 6 nitrogen and oxygen atoms in total. The van der Waals surface area contributed by atoms with E-state index in [2.05, 4.69) is 9.97 Å². The number of rotatable bonds is 6. The lowest BCUT2D eigenvalue weighted by Gasteiger charge is -2.12. The molecule has 0 unspecified atom stereocenters. The van der Waals surface area contributed by atoms with Crippen molar-refractivity contribution in [1.29, 1.82) is 0 Å². The van der Waals surface area contributed by atoms with Crippen LogP contribution >= 0.6 is 0 Å². The smallest absolute Gasteiger partial charge is 0.377 e. The minimum absolute atomic E-state index is 0.0278. The number of methoxy groups -OCH3 is 2. The number of aromatic nitrogens is 2. The maximum Gasteiger partial charge on any atom is 0.377 e. The van der Waals surface area contributed by atoms with Crippen LogP contribution in [0.15, 0.2) is 73.1 Å². The van der Waals surface area contributed by atoms with E-state index in [0.29, 0.717) is 5.75 Å². The van der Waals surface area contributed by atoms with Crippen LogP contribution in [0.2, 0.25) is 0 Å². The minimum atomic E-state index is -0.614. The monoisotopic (exact) mass is 376 g/mol. The molecule has 3 rings (SSSR count). The normalized spacial score (nSPS) is 11.0. The van der Waals surface area contributed by atoms with Crippen molar-refractivity contribution in [2.24, 2.45) is 0 Å². The summed E-state index contributed by atoms with van der Waals surface area (Å²) < 4.78 is 15.4. The molecule has 0 atom stereocenters. The van der Waals surface area contributed by atoms with Gasteiger partial charge in [-0.3, -0.25) is 0 Å². The number of carbonyl (C=O) groups excluding carboxylic acids is 1. The Labute approximate surface area is 163 Å². The van der Waals surface area contributed by atoms with Crippen LogP contribution in [0.3, 0.4) is 0 Å². The first-order valence-electron chi connectivity index (χ1n) is 8.59. The number of nitrogens with zero attached hydrogens (tertiary/aromatic N) is 2. The minimum Gasteiger partial charge on any atom is -0.500 e. The molecular formula is C22H20N2O4.